The Morgan fingerprint density at radius 2 is 1.75 bits per heavy atom. The number of unbranched alkanes of at least 4 members (excludes halogenated alkanes) is 1. The van der Waals surface area contributed by atoms with E-state index < -0.39 is 12.6 Å². The summed E-state index contributed by atoms with van der Waals surface area (Å²) in [4.78, 5) is 0. The molecule has 0 saturated heterocycles. The van der Waals surface area contributed by atoms with E-state index in [2.05, 4.69) is 5.32 Å². The van der Waals surface area contributed by atoms with Gasteiger partial charge in [0.05, 0.1) is 15.1 Å². The first-order valence-corrected chi connectivity index (χ1v) is 7.29. The topological polar surface area (TPSA) is 12.0 Å². The lowest BCUT2D eigenvalue weighted by atomic mass is 10.1. The molecule has 0 spiro atoms. The van der Waals surface area contributed by atoms with Gasteiger partial charge in [-0.25, -0.2) is 0 Å². The van der Waals surface area contributed by atoms with E-state index in [9.17, 15) is 13.2 Å². The first kappa shape index (κ1) is 17.9. The van der Waals surface area contributed by atoms with E-state index >= 15 is 0 Å². The SMILES string of the molecule is CC(NCCCCC(F)(F)F)c1ccc(Cl)c(Cl)c1Cl. The average molecular weight is 349 g/mol. The monoisotopic (exact) mass is 347 g/mol. The van der Waals surface area contributed by atoms with Crippen LogP contribution in [-0.2, 0) is 0 Å². The number of rotatable bonds is 6. The summed E-state index contributed by atoms with van der Waals surface area (Å²) in [6, 6.07) is 3.29. The van der Waals surface area contributed by atoms with Crippen LogP contribution in [-0.4, -0.2) is 12.7 Å². The molecular weight excluding hydrogens is 334 g/mol. The minimum Gasteiger partial charge on any atom is -0.310 e. The fraction of sp³-hybridized carbons (Fsp3) is 0.538. The Labute approximate surface area is 131 Å². The van der Waals surface area contributed by atoms with Gasteiger partial charge in [-0.05, 0) is 37.9 Å². The Kier molecular flexibility index (Phi) is 6.92. The van der Waals surface area contributed by atoms with Crippen molar-refractivity contribution in [2.45, 2.75) is 38.4 Å². The highest BCUT2D eigenvalue weighted by atomic mass is 35.5. The maximum atomic E-state index is 12.0. The van der Waals surface area contributed by atoms with Gasteiger partial charge >= 0.3 is 6.18 Å². The first-order chi connectivity index (χ1) is 9.22. The third-order valence-corrected chi connectivity index (χ3v) is 4.18. The van der Waals surface area contributed by atoms with Gasteiger partial charge in [-0.15, -0.1) is 0 Å². The number of halogens is 6. The second kappa shape index (κ2) is 7.74. The van der Waals surface area contributed by atoms with E-state index in [1.165, 1.54) is 0 Å². The fourth-order valence-electron chi connectivity index (χ4n) is 1.75. The highest BCUT2D eigenvalue weighted by Crippen LogP contribution is 2.35. The molecule has 0 fully saturated rings. The molecule has 0 heterocycles. The van der Waals surface area contributed by atoms with Gasteiger partial charge in [0.2, 0.25) is 0 Å². The molecule has 0 amide bonds. The maximum Gasteiger partial charge on any atom is 0.389 e. The Balaban J connectivity index is 2.44. The predicted octanol–water partition coefficient (Wildman–Crippen LogP) is 6.03. The Morgan fingerprint density at radius 3 is 2.35 bits per heavy atom. The van der Waals surface area contributed by atoms with Gasteiger partial charge in [0, 0.05) is 12.5 Å². The van der Waals surface area contributed by atoms with Crippen LogP contribution in [0.3, 0.4) is 0 Å². The molecule has 1 aromatic carbocycles. The van der Waals surface area contributed by atoms with Crippen LogP contribution in [0.25, 0.3) is 0 Å². The van der Waals surface area contributed by atoms with Gasteiger partial charge in [-0.1, -0.05) is 40.9 Å². The largest absolute Gasteiger partial charge is 0.389 e. The van der Waals surface area contributed by atoms with Crippen molar-refractivity contribution < 1.29 is 13.2 Å². The van der Waals surface area contributed by atoms with E-state index in [0.717, 1.165) is 5.56 Å². The molecule has 0 aliphatic carbocycles. The van der Waals surface area contributed by atoms with Crippen molar-refractivity contribution in [3.8, 4) is 0 Å². The van der Waals surface area contributed by atoms with Crippen molar-refractivity contribution in [1.29, 1.82) is 0 Å². The number of benzene rings is 1. The van der Waals surface area contributed by atoms with Crippen LogP contribution in [0.2, 0.25) is 15.1 Å². The molecule has 1 nitrogen and oxygen atoms in total. The van der Waals surface area contributed by atoms with Crippen molar-refractivity contribution >= 4 is 34.8 Å². The molecule has 1 atom stereocenters. The lowest BCUT2D eigenvalue weighted by molar-refractivity contribution is -0.135. The minimum atomic E-state index is -4.08. The molecule has 0 aliphatic heterocycles. The van der Waals surface area contributed by atoms with E-state index in [-0.39, 0.29) is 17.5 Å². The molecule has 1 aromatic rings. The molecule has 20 heavy (non-hydrogen) atoms. The zero-order valence-corrected chi connectivity index (χ0v) is 13.1. The second-order valence-corrected chi connectivity index (χ2v) is 5.68. The zero-order chi connectivity index (χ0) is 15.3. The predicted molar refractivity (Wildman–Crippen MR) is 77.8 cm³/mol. The van der Waals surface area contributed by atoms with Gasteiger partial charge in [0.1, 0.15) is 0 Å². The maximum absolute atomic E-state index is 12.0. The average Bonchev–Trinajstić information content (AvgIpc) is 2.34. The van der Waals surface area contributed by atoms with E-state index in [0.29, 0.717) is 23.0 Å². The van der Waals surface area contributed by atoms with E-state index in [4.69, 9.17) is 34.8 Å². The molecule has 114 valence electrons. The molecular formula is C13H15Cl3F3N. The minimum absolute atomic E-state index is 0.108. The number of nitrogens with one attached hydrogen (secondary N) is 1. The number of hydrogen-bond donors (Lipinski definition) is 1. The second-order valence-electron chi connectivity index (χ2n) is 4.51. The molecule has 1 rings (SSSR count). The number of alkyl halides is 3. The first-order valence-electron chi connectivity index (χ1n) is 6.16. The van der Waals surface area contributed by atoms with Crippen LogP contribution in [0.4, 0.5) is 13.2 Å². The summed E-state index contributed by atoms with van der Waals surface area (Å²) in [6.45, 7) is 2.35. The van der Waals surface area contributed by atoms with Crippen LogP contribution in [0.5, 0.6) is 0 Å². The van der Waals surface area contributed by atoms with Crippen LogP contribution in [0.1, 0.15) is 37.8 Å². The quantitative estimate of drug-likeness (QED) is 0.489. The molecule has 0 radical (unpaired) electrons. The molecule has 1 unspecified atom stereocenters. The lowest BCUT2D eigenvalue weighted by Crippen LogP contribution is -2.20. The Morgan fingerprint density at radius 1 is 1.10 bits per heavy atom. The molecule has 0 aliphatic rings. The summed E-state index contributed by atoms with van der Waals surface area (Å²) < 4.78 is 35.9. The van der Waals surface area contributed by atoms with Gasteiger partial charge < -0.3 is 5.32 Å². The molecule has 0 saturated carbocycles. The van der Waals surface area contributed by atoms with Gasteiger partial charge in [0.15, 0.2) is 0 Å². The summed E-state index contributed by atoms with van der Waals surface area (Å²) in [5, 5.41) is 4.15. The molecule has 0 aromatic heterocycles. The molecule has 7 heteroatoms. The van der Waals surface area contributed by atoms with Crippen LogP contribution < -0.4 is 5.32 Å². The summed E-state index contributed by atoms with van der Waals surface area (Å²) in [7, 11) is 0. The van der Waals surface area contributed by atoms with Gasteiger partial charge in [-0.2, -0.15) is 13.2 Å². The highest BCUT2D eigenvalue weighted by Gasteiger charge is 2.25. The Bertz CT molecular complexity index is 449. The van der Waals surface area contributed by atoms with E-state index in [1.54, 1.807) is 12.1 Å². The molecule has 0 bridgehead atoms. The van der Waals surface area contributed by atoms with Crippen LogP contribution in [0, 0.1) is 0 Å². The third kappa shape index (κ3) is 5.68. The summed E-state index contributed by atoms with van der Waals surface area (Å²) in [5.74, 6) is 0. The lowest BCUT2D eigenvalue weighted by Gasteiger charge is -2.17. The van der Waals surface area contributed by atoms with Crippen molar-refractivity contribution in [1.82, 2.24) is 5.32 Å². The fourth-order valence-corrected chi connectivity index (χ4v) is 2.46. The van der Waals surface area contributed by atoms with Crippen molar-refractivity contribution in [2.24, 2.45) is 0 Å². The van der Waals surface area contributed by atoms with Gasteiger partial charge in [-0.3, -0.25) is 0 Å². The Hall–Kier alpha value is -0.160. The normalized spacial score (nSPS) is 13.6. The van der Waals surface area contributed by atoms with Crippen LogP contribution >= 0.6 is 34.8 Å². The molecule has 1 N–H and O–H groups in total. The summed E-state index contributed by atoms with van der Waals surface area (Å²) >= 11 is 17.9. The highest BCUT2D eigenvalue weighted by molar-refractivity contribution is 6.48. The van der Waals surface area contributed by atoms with Gasteiger partial charge in [0.25, 0.3) is 0 Å². The van der Waals surface area contributed by atoms with Crippen molar-refractivity contribution in [2.75, 3.05) is 6.54 Å². The standard InChI is InChI=1S/C13H15Cl3F3N/c1-8(20-7-3-2-6-13(17,18)19)9-4-5-10(14)12(16)11(9)15/h4-5,8,20H,2-3,6-7H2,1H3. The smallest absolute Gasteiger partial charge is 0.310 e. The van der Waals surface area contributed by atoms with E-state index in [1.807, 2.05) is 6.92 Å². The summed E-state index contributed by atoms with van der Waals surface area (Å²) in [5.41, 5.74) is 0.775. The van der Waals surface area contributed by atoms with Crippen molar-refractivity contribution in [3.63, 3.8) is 0 Å². The zero-order valence-electron chi connectivity index (χ0n) is 10.8. The van der Waals surface area contributed by atoms with Crippen LogP contribution in [0.15, 0.2) is 12.1 Å². The number of hydrogen-bond acceptors (Lipinski definition) is 1. The van der Waals surface area contributed by atoms with Crippen molar-refractivity contribution in [3.05, 3.63) is 32.8 Å². The summed E-state index contributed by atoms with van der Waals surface area (Å²) in [6.07, 6.45) is -4.28. The third-order valence-electron chi connectivity index (χ3n) is 2.87.